The monoisotopic (exact) mass is 1050 g/mol. The van der Waals surface area contributed by atoms with Crippen molar-refractivity contribution in [2.45, 2.75) is 6.42 Å². The van der Waals surface area contributed by atoms with Crippen LogP contribution in [0.1, 0.15) is 6.42 Å². The summed E-state index contributed by atoms with van der Waals surface area (Å²) >= 11 is 1.71. The average Bonchev–Trinajstić information content (AvgIpc) is 4.37. The molecule has 5 N–H and O–H groups in total. The van der Waals surface area contributed by atoms with E-state index in [9.17, 15) is 0 Å². The van der Waals surface area contributed by atoms with Crippen molar-refractivity contribution in [2.24, 2.45) is 4.99 Å². The number of benzene rings is 1. The zero-order chi connectivity index (χ0) is 54.2. The van der Waals surface area contributed by atoms with Crippen molar-refractivity contribution >= 4 is 28.6 Å². The lowest BCUT2D eigenvalue weighted by Crippen LogP contribution is -1.66. The van der Waals surface area contributed by atoms with Crippen LogP contribution >= 0.6 is 11.3 Å². The third kappa shape index (κ3) is 47.1. The highest BCUT2D eigenvalue weighted by molar-refractivity contribution is 7.07. The van der Waals surface area contributed by atoms with Gasteiger partial charge >= 0.3 is 0 Å². The van der Waals surface area contributed by atoms with E-state index in [-0.39, 0.29) is 0 Å². The van der Waals surface area contributed by atoms with Crippen LogP contribution in [0.25, 0.3) is 11.0 Å². The maximum atomic E-state index is 4.58. The molecule has 0 unspecified atom stereocenters. The average molecular weight is 1050 g/mol. The quantitative estimate of drug-likeness (QED) is 0.0943. The van der Waals surface area contributed by atoms with Gasteiger partial charge in [0.15, 0.2) is 12.8 Å². The number of hydrogen-bond acceptors (Lipinski definition) is 17. The molecule has 0 saturated heterocycles. The standard InChI is InChI=1S/C7H6N2.C5H5N.2C4H4N2.2C4H5N.2C4H4O.C4H4S.3C3H4N2.2C3H3NO/c1-2-4-7-6(3-1)8-5-9-7;1-2-4-6-5-3-1;2*1-2-5-4-6-3-1;5*1-2-4-5-3-1;2*1-2-5-3-4-1;1-2-4-5-3-1;2*1-2-5-3-4-1/h1-5H,(H,8,9);1-5H;2*1-4H;1,3-4H,2H2;1-5H;3*1-4H;3*1-3H,(H,4,5);2*1-3H. The van der Waals surface area contributed by atoms with Crippen LogP contribution in [0.5, 0.6) is 0 Å². The zero-order valence-corrected chi connectivity index (χ0v) is 42.5. The molecule has 0 spiro atoms. The lowest BCUT2D eigenvalue weighted by molar-refractivity contribution is 0.557. The molecule has 13 aromatic heterocycles. The number of pyridine rings is 1. The minimum Gasteiger partial charge on any atom is -0.473 e. The number of oxazole rings is 2. The molecule has 77 heavy (non-hydrogen) atoms. The van der Waals surface area contributed by atoms with Gasteiger partial charge in [-0.1, -0.05) is 36.4 Å². The number of nitrogens with zero attached hydrogens (tertiary/aromatic N) is 12. The highest BCUT2D eigenvalue weighted by Crippen LogP contribution is 2.05. The Morgan fingerprint density at radius 1 is 0.403 bits per heavy atom. The van der Waals surface area contributed by atoms with Crippen molar-refractivity contribution < 1.29 is 17.7 Å². The Bertz CT molecular complexity index is 2260. The van der Waals surface area contributed by atoms with Crippen molar-refractivity contribution in [3.63, 3.8) is 0 Å². The lowest BCUT2D eigenvalue weighted by atomic mass is 10.3. The molecule has 0 fully saturated rings. The van der Waals surface area contributed by atoms with Crippen molar-refractivity contribution in [1.82, 2.24) is 80.0 Å². The van der Waals surface area contributed by atoms with Gasteiger partial charge in [0.05, 0.1) is 67.5 Å². The molecule has 0 amide bonds. The third-order valence-electron chi connectivity index (χ3n) is 7.07. The van der Waals surface area contributed by atoms with Crippen LogP contribution in [0, 0.1) is 0 Å². The summed E-state index contributed by atoms with van der Waals surface area (Å²) in [5.74, 6) is 0. The maximum Gasteiger partial charge on any atom is 0.180 e. The summed E-state index contributed by atoms with van der Waals surface area (Å²) in [4.78, 5) is 52.1. The minimum absolute atomic E-state index is 1.03. The Morgan fingerprint density at radius 2 is 0.974 bits per heavy atom. The SMILES string of the molecule is C1=CN=CC1.c1c[nH]cn1.c1c[nH]cn1.c1cc[nH]c1.c1ccc2[nH]cnc2c1.c1ccncc1.c1ccoc1.c1ccoc1.c1ccsc1.c1cn[nH]c1.c1cncnc1.c1cncnc1.c1cocn1.c1cocn1. The number of rotatable bonds is 0. The number of aliphatic imine (C=N–C) groups is 1. The summed E-state index contributed by atoms with van der Waals surface area (Å²) in [5, 5.41) is 10.3. The molecule has 0 bridgehead atoms. The second-order valence-electron chi connectivity index (χ2n) is 12.6. The van der Waals surface area contributed by atoms with Gasteiger partial charge in [0.2, 0.25) is 0 Å². The predicted octanol–water partition coefficient (Wildman–Crippen LogP) is 12.5. The van der Waals surface area contributed by atoms with E-state index < -0.39 is 0 Å². The Balaban J connectivity index is 0.000000285. The number of fused-ring (bicyclic) bond motifs is 1. The molecule has 0 saturated carbocycles. The number of hydrogen-bond donors (Lipinski definition) is 5. The van der Waals surface area contributed by atoms with E-state index in [2.05, 4.69) is 103 Å². The number of aromatic amines is 5. The fourth-order valence-electron chi connectivity index (χ4n) is 3.96. The van der Waals surface area contributed by atoms with Crippen LogP contribution in [-0.2, 0) is 0 Å². The predicted molar refractivity (Wildman–Crippen MR) is 298 cm³/mol. The molecule has 394 valence electrons. The second kappa shape index (κ2) is 54.3. The molecule has 0 atom stereocenters. The summed E-state index contributed by atoms with van der Waals surface area (Å²) < 4.78 is 18.1. The van der Waals surface area contributed by atoms with Crippen LogP contribution in [0.15, 0.2) is 336 Å². The molecular formula is C55H59N17O4S. The summed E-state index contributed by atoms with van der Waals surface area (Å²) in [6.45, 7) is 0. The first kappa shape index (κ1) is 62.1. The largest absolute Gasteiger partial charge is 0.473 e. The highest BCUT2D eigenvalue weighted by Gasteiger charge is 1.88. The zero-order valence-electron chi connectivity index (χ0n) is 41.6. The van der Waals surface area contributed by atoms with Gasteiger partial charge in [-0.05, 0) is 89.6 Å². The number of aromatic nitrogens is 16. The number of thiophene rings is 1. The minimum atomic E-state index is 1.03. The number of furan rings is 2. The Hall–Kier alpha value is -11.0. The van der Waals surface area contributed by atoms with Crippen molar-refractivity contribution in [1.29, 1.82) is 0 Å². The summed E-state index contributed by atoms with van der Waals surface area (Å²) in [5.41, 5.74) is 2.12. The van der Waals surface area contributed by atoms with Gasteiger partial charge in [0, 0.05) is 106 Å². The first-order valence-corrected chi connectivity index (χ1v) is 23.6. The number of imidazole rings is 3. The van der Waals surface area contributed by atoms with Gasteiger partial charge in [-0.15, -0.1) is 0 Å². The molecule has 1 aromatic carbocycles. The van der Waals surface area contributed by atoms with Gasteiger partial charge in [-0.3, -0.25) is 15.1 Å². The third-order valence-corrected chi connectivity index (χ3v) is 7.70. The van der Waals surface area contributed by atoms with Crippen LogP contribution < -0.4 is 0 Å². The first-order chi connectivity index (χ1) is 38.5. The second-order valence-corrected chi connectivity index (χ2v) is 13.4. The van der Waals surface area contributed by atoms with Crippen molar-refractivity contribution in [3.05, 3.63) is 313 Å². The maximum absolute atomic E-state index is 4.58. The summed E-state index contributed by atoms with van der Waals surface area (Å²) in [6, 6.07) is 34.3. The summed E-state index contributed by atoms with van der Waals surface area (Å²) in [6.07, 6.45) is 54.5. The number of nitrogens with one attached hydrogen (secondary N) is 5. The van der Waals surface area contributed by atoms with E-state index in [1.54, 1.807) is 160 Å². The van der Waals surface area contributed by atoms with Crippen molar-refractivity contribution in [2.75, 3.05) is 0 Å². The molecule has 0 aliphatic carbocycles. The van der Waals surface area contributed by atoms with Gasteiger partial charge in [-0.2, -0.15) is 16.4 Å². The van der Waals surface area contributed by atoms with E-state index in [4.69, 9.17) is 0 Å². The van der Waals surface area contributed by atoms with Crippen LogP contribution in [-0.4, -0.2) is 86.2 Å². The van der Waals surface area contributed by atoms with Crippen LogP contribution in [0.2, 0.25) is 0 Å². The molecule has 15 rings (SSSR count). The van der Waals surface area contributed by atoms with E-state index >= 15 is 0 Å². The molecule has 22 heteroatoms. The smallest absolute Gasteiger partial charge is 0.180 e. The fraction of sp³-hybridized carbons (Fsp3) is 0.0182. The van der Waals surface area contributed by atoms with Crippen LogP contribution in [0.4, 0.5) is 0 Å². The molecule has 14 aromatic rings. The fourth-order valence-corrected chi connectivity index (χ4v) is 4.41. The van der Waals surface area contributed by atoms with E-state index in [0.29, 0.717) is 0 Å². The topological polar surface area (TPSA) is 286 Å². The van der Waals surface area contributed by atoms with E-state index in [1.807, 2.05) is 133 Å². The first-order valence-electron chi connectivity index (χ1n) is 22.7. The van der Waals surface area contributed by atoms with Gasteiger partial charge in [-0.25, -0.2) is 44.9 Å². The van der Waals surface area contributed by atoms with E-state index in [0.717, 1.165) is 17.5 Å². The Kier molecular flexibility index (Phi) is 43.8. The highest BCUT2D eigenvalue weighted by atomic mass is 32.1. The molecule has 1 aliphatic rings. The number of H-pyrrole nitrogens is 5. The van der Waals surface area contributed by atoms with Gasteiger partial charge < -0.3 is 37.6 Å². The number of para-hydroxylation sites is 2. The Morgan fingerprint density at radius 3 is 1.19 bits per heavy atom. The van der Waals surface area contributed by atoms with Crippen LogP contribution in [0.3, 0.4) is 0 Å². The van der Waals surface area contributed by atoms with Gasteiger partial charge in [0.1, 0.15) is 25.2 Å². The molecule has 0 radical (unpaired) electrons. The molecular weight excluding hydrogens is 995 g/mol. The van der Waals surface area contributed by atoms with Crippen molar-refractivity contribution in [3.8, 4) is 0 Å². The molecule has 1 aliphatic heterocycles. The van der Waals surface area contributed by atoms with Gasteiger partial charge in [0.25, 0.3) is 0 Å². The number of allylic oxidation sites excluding steroid dienone is 1. The van der Waals surface area contributed by atoms with E-state index in [1.165, 1.54) is 38.0 Å². The molecule has 14 heterocycles. The molecule has 21 nitrogen and oxygen atoms in total. The lowest BCUT2D eigenvalue weighted by Gasteiger charge is -1.81. The Labute approximate surface area is 449 Å². The summed E-state index contributed by atoms with van der Waals surface area (Å²) in [7, 11) is 0. The normalized spacial score (nSPS) is 8.88.